The summed E-state index contributed by atoms with van der Waals surface area (Å²) in [6.45, 7) is 4.70. The second-order valence-corrected chi connectivity index (χ2v) is 12.1. The molecule has 1 aliphatic rings. The molecular weight excluding hydrogens is 596 g/mol. The minimum Gasteiger partial charge on any atom is -0.493 e. The number of ether oxygens (including phenoxy) is 3. The number of hydrogen-bond donors (Lipinski definition) is 1. The Hall–Kier alpha value is -3.95. The predicted octanol–water partition coefficient (Wildman–Crippen LogP) is 4.35. The third-order valence-electron chi connectivity index (χ3n) is 6.48. The Balaban J connectivity index is 1.60. The van der Waals surface area contributed by atoms with Gasteiger partial charge in [0, 0.05) is 36.3 Å². The summed E-state index contributed by atoms with van der Waals surface area (Å²) in [7, 11) is -2.86. The van der Waals surface area contributed by atoms with Crippen molar-refractivity contribution in [2.45, 2.75) is 44.3 Å². The molecule has 4 aromatic rings. The molecule has 1 aliphatic heterocycles. The van der Waals surface area contributed by atoms with Gasteiger partial charge < -0.3 is 14.2 Å². The van der Waals surface area contributed by atoms with Crippen LogP contribution in [0.3, 0.4) is 0 Å². The summed E-state index contributed by atoms with van der Waals surface area (Å²) in [6.07, 6.45) is 2.66. The molecule has 0 aliphatic carbocycles. The lowest BCUT2D eigenvalue weighted by Crippen LogP contribution is -2.35. The molecule has 4 heterocycles. The monoisotopic (exact) mass is 621 g/mol. The van der Waals surface area contributed by atoms with Gasteiger partial charge >= 0.3 is 0 Å². The van der Waals surface area contributed by atoms with Crippen LogP contribution >= 0.6 is 11.6 Å². The molecule has 3 atom stereocenters. The number of nitrogens with one attached hydrogen (secondary N) is 1. The fourth-order valence-electron chi connectivity index (χ4n) is 4.47. The van der Waals surface area contributed by atoms with E-state index >= 15 is 4.39 Å². The van der Waals surface area contributed by atoms with E-state index < -0.39 is 39.1 Å². The summed E-state index contributed by atoms with van der Waals surface area (Å²) in [5.41, 5.74) is 0.189. The molecule has 0 amide bonds. The van der Waals surface area contributed by atoms with Gasteiger partial charge in [-0.15, -0.1) is 10.2 Å². The van der Waals surface area contributed by atoms with Gasteiger partial charge in [0.2, 0.25) is 16.0 Å². The van der Waals surface area contributed by atoms with Crippen molar-refractivity contribution in [1.29, 1.82) is 0 Å². The standard InChI is InChI=1S/C26H26ClF2N7O5S/c1-13(2)41-22(24-31-10-15(27)11-32-24)14(3)42(37,38)35-26-34-33-25-21-23(20(39-4)7-8-30-21)40-12-19(36(25)26)17-6-5-16(28)9-18(17)29/h5-11,13-14,19,22H,12H2,1-4H3,(H,34,35)/t14?,19-,22?/m0/s1. The molecule has 0 saturated heterocycles. The van der Waals surface area contributed by atoms with E-state index in [9.17, 15) is 12.8 Å². The number of halogens is 3. The highest BCUT2D eigenvalue weighted by Gasteiger charge is 2.38. The molecular formula is C26H26ClF2N7O5S. The van der Waals surface area contributed by atoms with Gasteiger partial charge in [-0.05, 0) is 26.8 Å². The quantitative estimate of drug-likeness (QED) is 0.286. The number of pyridine rings is 1. The van der Waals surface area contributed by atoms with Crippen LogP contribution in [0.25, 0.3) is 11.5 Å². The maximum Gasteiger partial charge on any atom is 0.240 e. The van der Waals surface area contributed by atoms with Crippen LogP contribution in [0.5, 0.6) is 11.5 Å². The fraction of sp³-hybridized carbons (Fsp3) is 0.346. The zero-order chi connectivity index (χ0) is 30.2. The molecule has 0 bridgehead atoms. The number of nitrogens with zero attached hydrogens (tertiary/aromatic N) is 6. The first-order valence-corrected chi connectivity index (χ1v) is 14.6. The van der Waals surface area contributed by atoms with E-state index in [2.05, 4.69) is 29.9 Å². The average molecular weight is 622 g/mol. The van der Waals surface area contributed by atoms with Gasteiger partial charge in [-0.1, -0.05) is 17.7 Å². The molecule has 5 rings (SSSR count). The SMILES string of the molecule is COc1ccnc2c1OC[C@@H](c1ccc(F)cc1F)n1c(NS(=O)(=O)C(C)C(OC(C)C)c3ncc(Cl)cn3)nnc1-2. The molecule has 1 N–H and O–H groups in total. The van der Waals surface area contributed by atoms with E-state index in [-0.39, 0.29) is 52.3 Å². The van der Waals surface area contributed by atoms with Crippen molar-refractivity contribution >= 4 is 27.6 Å². The topological polar surface area (TPSA) is 143 Å². The number of methoxy groups -OCH3 is 1. The van der Waals surface area contributed by atoms with E-state index in [1.165, 1.54) is 43.3 Å². The number of fused-ring (bicyclic) bond motifs is 3. The van der Waals surface area contributed by atoms with E-state index in [1.54, 1.807) is 19.9 Å². The zero-order valence-electron chi connectivity index (χ0n) is 22.8. The Morgan fingerprint density at radius 2 is 1.86 bits per heavy atom. The first kappa shape index (κ1) is 29.5. The van der Waals surface area contributed by atoms with Gasteiger partial charge in [-0.3, -0.25) is 9.29 Å². The van der Waals surface area contributed by atoms with Crippen LogP contribution in [-0.4, -0.2) is 63.2 Å². The summed E-state index contributed by atoms with van der Waals surface area (Å²) in [5.74, 6) is -1.22. The lowest BCUT2D eigenvalue weighted by atomic mass is 10.1. The minimum atomic E-state index is -4.30. The number of rotatable bonds is 9. The predicted molar refractivity (Wildman–Crippen MR) is 148 cm³/mol. The van der Waals surface area contributed by atoms with E-state index in [0.29, 0.717) is 5.75 Å². The Kier molecular flexibility index (Phi) is 8.25. The lowest BCUT2D eigenvalue weighted by Gasteiger charge is -2.26. The Bertz CT molecular complexity index is 1710. The molecule has 0 saturated carbocycles. The van der Waals surface area contributed by atoms with Crippen LogP contribution in [0.2, 0.25) is 5.02 Å². The van der Waals surface area contributed by atoms with Gasteiger partial charge in [0.05, 0.1) is 18.2 Å². The molecule has 3 aromatic heterocycles. The number of aromatic nitrogens is 6. The summed E-state index contributed by atoms with van der Waals surface area (Å²) in [5, 5.41) is 7.30. The van der Waals surface area contributed by atoms with Crippen molar-refractivity contribution in [3.05, 3.63) is 70.9 Å². The molecule has 16 heteroatoms. The third-order valence-corrected chi connectivity index (χ3v) is 8.37. The van der Waals surface area contributed by atoms with Crippen LogP contribution in [-0.2, 0) is 14.8 Å². The fourth-order valence-corrected chi connectivity index (χ4v) is 5.66. The molecule has 1 aromatic carbocycles. The Morgan fingerprint density at radius 1 is 1.12 bits per heavy atom. The summed E-state index contributed by atoms with van der Waals surface area (Å²) in [6, 6.07) is 3.59. The highest BCUT2D eigenvalue weighted by atomic mass is 35.5. The molecule has 0 spiro atoms. The van der Waals surface area contributed by atoms with Crippen molar-refractivity contribution in [1.82, 2.24) is 29.7 Å². The molecule has 0 fully saturated rings. The smallest absolute Gasteiger partial charge is 0.240 e. The van der Waals surface area contributed by atoms with Crippen LogP contribution in [0.1, 0.15) is 44.3 Å². The number of benzene rings is 1. The highest BCUT2D eigenvalue weighted by molar-refractivity contribution is 7.93. The van der Waals surface area contributed by atoms with Crippen LogP contribution in [0.4, 0.5) is 14.7 Å². The molecule has 42 heavy (non-hydrogen) atoms. The zero-order valence-corrected chi connectivity index (χ0v) is 24.4. The summed E-state index contributed by atoms with van der Waals surface area (Å²) < 4.78 is 77.6. The normalized spacial score (nSPS) is 16.1. The number of anilines is 1. The maximum absolute atomic E-state index is 15.1. The van der Waals surface area contributed by atoms with Gasteiger partial charge in [-0.2, -0.15) is 0 Å². The summed E-state index contributed by atoms with van der Waals surface area (Å²) >= 11 is 5.92. The van der Waals surface area contributed by atoms with E-state index in [0.717, 1.165) is 12.1 Å². The van der Waals surface area contributed by atoms with Gasteiger partial charge in [0.15, 0.2) is 28.8 Å². The number of sulfonamides is 1. The second-order valence-electron chi connectivity index (χ2n) is 9.62. The molecule has 0 radical (unpaired) electrons. The van der Waals surface area contributed by atoms with E-state index in [4.69, 9.17) is 25.8 Å². The first-order chi connectivity index (χ1) is 20.0. The van der Waals surface area contributed by atoms with Crippen molar-refractivity contribution < 1.29 is 31.4 Å². The Morgan fingerprint density at radius 3 is 2.52 bits per heavy atom. The van der Waals surface area contributed by atoms with Crippen molar-refractivity contribution in [3.8, 4) is 23.0 Å². The second kappa shape index (κ2) is 11.7. The van der Waals surface area contributed by atoms with Crippen molar-refractivity contribution in [3.63, 3.8) is 0 Å². The Labute approximate surface area is 245 Å². The third kappa shape index (κ3) is 5.71. The average Bonchev–Trinajstić information content (AvgIpc) is 3.26. The molecule has 12 nitrogen and oxygen atoms in total. The van der Waals surface area contributed by atoms with Gasteiger partial charge in [0.25, 0.3) is 0 Å². The maximum atomic E-state index is 15.1. The van der Waals surface area contributed by atoms with Crippen LogP contribution < -0.4 is 14.2 Å². The minimum absolute atomic E-state index is 0.00769. The van der Waals surface area contributed by atoms with Crippen LogP contribution in [0, 0.1) is 11.6 Å². The molecule has 222 valence electrons. The highest BCUT2D eigenvalue weighted by Crippen LogP contribution is 2.42. The van der Waals surface area contributed by atoms with Crippen molar-refractivity contribution in [2.24, 2.45) is 0 Å². The molecule has 2 unspecified atom stereocenters. The lowest BCUT2D eigenvalue weighted by molar-refractivity contribution is 0.00154. The van der Waals surface area contributed by atoms with Crippen molar-refractivity contribution in [2.75, 3.05) is 18.4 Å². The van der Waals surface area contributed by atoms with Gasteiger partial charge in [-0.25, -0.2) is 32.2 Å². The largest absolute Gasteiger partial charge is 0.493 e. The van der Waals surface area contributed by atoms with Gasteiger partial charge in [0.1, 0.15) is 35.6 Å². The first-order valence-electron chi connectivity index (χ1n) is 12.7. The van der Waals surface area contributed by atoms with Crippen LogP contribution in [0.15, 0.2) is 42.9 Å². The van der Waals surface area contributed by atoms with E-state index in [1.807, 2.05) is 0 Å². The number of hydrogen-bond acceptors (Lipinski definition) is 10. The summed E-state index contributed by atoms with van der Waals surface area (Å²) in [4.78, 5) is 12.6.